The summed E-state index contributed by atoms with van der Waals surface area (Å²) in [5, 5.41) is 2.49. The fourth-order valence-electron chi connectivity index (χ4n) is 2.13. The van der Waals surface area contributed by atoms with Gasteiger partial charge in [0.1, 0.15) is 5.75 Å². The third kappa shape index (κ3) is 2.88. The molecule has 0 saturated heterocycles. The van der Waals surface area contributed by atoms with Gasteiger partial charge < -0.3 is 10.5 Å². The molecule has 0 bridgehead atoms. The van der Waals surface area contributed by atoms with Crippen molar-refractivity contribution in [2.45, 2.75) is 6.54 Å². The lowest BCUT2D eigenvalue weighted by Gasteiger charge is -2.11. The molecule has 1 aromatic heterocycles. The Balaban J connectivity index is 2.11. The maximum atomic E-state index is 6.16. The predicted molar refractivity (Wildman–Crippen MR) is 88.9 cm³/mol. The highest BCUT2D eigenvalue weighted by molar-refractivity contribution is 9.10. The lowest BCUT2D eigenvalue weighted by Crippen LogP contribution is -2.00. The van der Waals surface area contributed by atoms with E-state index >= 15 is 0 Å². The average Bonchev–Trinajstić information content (AvgIpc) is 2.51. The molecule has 0 fully saturated rings. The first-order valence-electron chi connectivity index (χ1n) is 6.38. The van der Waals surface area contributed by atoms with Gasteiger partial charge >= 0.3 is 0 Å². The van der Waals surface area contributed by atoms with Crippen LogP contribution in [-0.2, 0) is 6.54 Å². The van der Waals surface area contributed by atoms with Crippen LogP contribution in [0.3, 0.4) is 0 Å². The highest BCUT2D eigenvalue weighted by Gasteiger charge is 2.10. The molecule has 0 aliphatic heterocycles. The molecule has 1 heterocycles. The number of halogens is 2. The second-order valence-electron chi connectivity index (χ2n) is 4.52. The number of rotatable bonds is 3. The molecule has 0 saturated carbocycles. The largest absolute Gasteiger partial charge is 0.437 e. The van der Waals surface area contributed by atoms with Gasteiger partial charge in [-0.1, -0.05) is 45.7 Å². The summed E-state index contributed by atoms with van der Waals surface area (Å²) in [5.74, 6) is 1.08. The van der Waals surface area contributed by atoms with Crippen molar-refractivity contribution in [2.75, 3.05) is 0 Å². The molecule has 2 N–H and O–H groups in total. The molecular formula is C16H12BrClN2O. The van der Waals surface area contributed by atoms with Crippen molar-refractivity contribution in [2.24, 2.45) is 5.73 Å². The molecule has 0 aliphatic rings. The average molecular weight is 364 g/mol. The first-order valence-corrected chi connectivity index (χ1v) is 7.55. The number of pyridine rings is 1. The van der Waals surface area contributed by atoms with Gasteiger partial charge in [-0.15, -0.1) is 0 Å². The van der Waals surface area contributed by atoms with E-state index in [9.17, 15) is 0 Å². The fourth-order valence-corrected chi connectivity index (χ4v) is 2.63. The molecular weight excluding hydrogens is 352 g/mol. The van der Waals surface area contributed by atoms with Crippen molar-refractivity contribution >= 4 is 38.3 Å². The minimum Gasteiger partial charge on any atom is -0.437 e. The van der Waals surface area contributed by atoms with E-state index < -0.39 is 0 Å². The van der Waals surface area contributed by atoms with Gasteiger partial charge in [-0.05, 0) is 35.2 Å². The van der Waals surface area contributed by atoms with Gasteiger partial charge in [-0.25, -0.2) is 4.98 Å². The number of fused-ring (bicyclic) bond motifs is 1. The van der Waals surface area contributed by atoms with Crippen molar-refractivity contribution in [3.63, 3.8) is 0 Å². The number of hydrogen-bond acceptors (Lipinski definition) is 3. The van der Waals surface area contributed by atoms with Gasteiger partial charge in [-0.2, -0.15) is 0 Å². The number of aromatic nitrogens is 1. The Labute approximate surface area is 135 Å². The second-order valence-corrected chi connectivity index (χ2v) is 5.84. The molecule has 0 radical (unpaired) electrons. The smallest absolute Gasteiger partial charge is 0.227 e. The Morgan fingerprint density at radius 2 is 1.90 bits per heavy atom. The van der Waals surface area contributed by atoms with Crippen LogP contribution in [0.15, 0.2) is 53.1 Å². The molecule has 21 heavy (non-hydrogen) atoms. The SMILES string of the molecule is NCc1cnc(Oc2cc(Br)ccc2Cl)c2ccccc12. The van der Waals surface area contributed by atoms with Crippen LogP contribution in [0.5, 0.6) is 11.6 Å². The van der Waals surface area contributed by atoms with Crippen LogP contribution in [-0.4, -0.2) is 4.98 Å². The van der Waals surface area contributed by atoms with E-state index in [-0.39, 0.29) is 0 Å². The number of nitrogens with zero attached hydrogens (tertiary/aromatic N) is 1. The third-order valence-electron chi connectivity index (χ3n) is 3.16. The van der Waals surface area contributed by atoms with Crippen molar-refractivity contribution < 1.29 is 4.74 Å². The quantitative estimate of drug-likeness (QED) is 0.720. The Morgan fingerprint density at radius 1 is 1.14 bits per heavy atom. The van der Waals surface area contributed by atoms with E-state index in [1.54, 1.807) is 12.3 Å². The van der Waals surface area contributed by atoms with Gasteiger partial charge in [0.15, 0.2) is 0 Å². The molecule has 0 unspecified atom stereocenters. The summed E-state index contributed by atoms with van der Waals surface area (Å²) < 4.78 is 6.78. The van der Waals surface area contributed by atoms with Crippen LogP contribution in [0.2, 0.25) is 5.02 Å². The van der Waals surface area contributed by atoms with Crippen LogP contribution in [0.1, 0.15) is 5.56 Å². The first-order chi connectivity index (χ1) is 10.2. The van der Waals surface area contributed by atoms with Gasteiger partial charge in [-0.3, -0.25) is 0 Å². The van der Waals surface area contributed by atoms with Crippen LogP contribution >= 0.6 is 27.5 Å². The Bertz CT molecular complexity index is 807. The zero-order valence-electron chi connectivity index (χ0n) is 11.0. The fraction of sp³-hybridized carbons (Fsp3) is 0.0625. The summed E-state index contributed by atoms with van der Waals surface area (Å²) in [6.45, 7) is 0.436. The lowest BCUT2D eigenvalue weighted by atomic mass is 10.1. The molecule has 0 amide bonds. The van der Waals surface area contributed by atoms with Gasteiger partial charge in [0.25, 0.3) is 0 Å². The van der Waals surface area contributed by atoms with E-state index in [0.717, 1.165) is 20.8 Å². The Hall–Kier alpha value is -1.62. The minimum atomic E-state index is 0.436. The summed E-state index contributed by atoms with van der Waals surface area (Å²) in [5.41, 5.74) is 6.74. The van der Waals surface area contributed by atoms with E-state index in [1.807, 2.05) is 36.4 Å². The van der Waals surface area contributed by atoms with Crippen LogP contribution in [0.25, 0.3) is 10.8 Å². The van der Waals surface area contributed by atoms with Gasteiger partial charge in [0.05, 0.1) is 5.02 Å². The molecule has 2 aromatic carbocycles. The molecule has 0 spiro atoms. The summed E-state index contributed by atoms with van der Waals surface area (Å²) in [4.78, 5) is 4.37. The van der Waals surface area contributed by atoms with Crippen molar-refractivity contribution in [1.82, 2.24) is 4.98 Å². The van der Waals surface area contributed by atoms with Gasteiger partial charge in [0, 0.05) is 22.6 Å². The third-order valence-corrected chi connectivity index (χ3v) is 3.97. The number of nitrogens with two attached hydrogens (primary N) is 1. The standard InChI is InChI=1S/C16H12BrClN2O/c17-11-5-6-14(18)15(7-11)21-16-13-4-2-1-3-12(13)10(8-19)9-20-16/h1-7,9H,8,19H2. The highest BCUT2D eigenvalue weighted by atomic mass is 79.9. The van der Waals surface area contributed by atoms with Crippen LogP contribution in [0.4, 0.5) is 0 Å². The molecule has 0 atom stereocenters. The summed E-state index contributed by atoms with van der Waals surface area (Å²) in [6.07, 6.45) is 1.74. The zero-order chi connectivity index (χ0) is 14.8. The summed E-state index contributed by atoms with van der Waals surface area (Å²) in [6, 6.07) is 13.3. The van der Waals surface area contributed by atoms with E-state index in [4.69, 9.17) is 22.1 Å². The van der Waals surface area contributed by atoms with E-state index in [0.29, 0.717) is 23.2 Å². The number of benzene rings is 2. The minimum absolute atomic E-state index is 0.436. The Kier molecular flexibility index (Phi) is 4.10. The second kappa shape index (κ2) is 6.02. The number of ether oxygens (including phenoxy) is 1. The normalized spacial score (nSPS) is 10.8. The predicted octanol–water partition coefficient (Wildman–Crippen LogP) is 4.90. The molecule has 106 valence electrons. The molecule has 0 aliphatic carbocycles. The highest BCUT2D eigenvalue weighted by Crippen LogP contribution is 2.34. The summed E-state index contributed by atoms with van der Waals surface area (Å²) >= 11 is 9.57. The maximum absolute atomic E-state index is 6.16. The molecule has 3 rings (SSSR count). The molecule has 3 aromatic rings. The van der Waals surface area contributed by atoms with Crippen LogP contribution < -0.4 is 10.5 Å². The number of hydrogen-bond donors (Lipinski definition) is 1. The van der Waals surface area contributed by atoms with Crippen molar-refractivity contribution in [1.29, 1.82) is 0 Å². The Morgan fingerprint density at radius 3 is 2.67 bits per heavy atom. The maximum Gasteiger partial charge on any atom is 0.227 e. The van der Waals surface area contributed by atoms with E-state index in [2.05, 4.69) is 20.9 Å². The topological polar surface area (TPSA) is 48.1 Å². The van der Waals surface area contributed by atoms with E-state index in [1.165, 1.54) is 0 Å². The lowest BCUT2D eigenvalue weighted by molar-refractivity contribution is 0.469. The van der Waals surface area contributed by atoms with Gasteiger partial charge in [0.2, 0.25) is 5.88 Å². The monoisotopic (exact) mass is 362 g/mol. The summed E-state index contributed by atoms with van der Waals surface area (Å²) in [7, 11) is 0. The first kappa shape index (κ1) is 14.3. The van der Waals surface area contributed by atoms with Crippen molar-refractivity contribution in [3.05, 3.63) is 63.7 Å². The molecule has 5 heteroatoms. The molecule has 3 nitrogen and oxygen atoms in total. The van der Waals surface area contributed by atoms with Crippen molar-refractivity contribution in [3.8, 4) is 11.6 Å². The zero-order valence-corrected chi connectivity index (χ0v) is 13.4. The van der Waals surface area contributed by atoms with Crippen LogP contribution in [0, 0.1) is 0 Å².